The minimum atomic E-state index is -1.18. The number of thioether (sulfide) groups is 1. The van der Waals surface area contributed by atoms with E-state index >= 15 is 0 Å². The molecule has 7 nitrogen and oxygen atoms in total. The first kappa shape index (κ1) is 14.8. The average molecular weight is 276 g/mol. The van der Waals surface area contributed by atoms with Crippen LogP contribution in [0.4, 0.5) is 4.79 Å². The molecule has 1 fully saturated rings. The van der Waals surface area contributed by atoms with Crippen molar-refractivity contribution in [3.05, 3.63) is 0 Å². The van der Waals surface area contributed by atoms with E-state index in [-0.39, 0.29) is 24.7 Å². The van der Waals surface area contributed by atoms with Gasteiger partial charge in [0, 0.05) is 38.3 Å². The number of aliphatic hydroxyl groups is 1. The fourth-order valence-electron chi connectivity index (χ4n) is 1.52. The van der Waals surface area contributed by atoms with E-state index in [1.165, 1.54) is 11.8 Å². The summed E-state index contributed by atoms with van der Waals surface area (Å²) in [7, 11) is 0. The second kappa shape index (κ2) is 7.22. The van der Waals surface area contributed by atoms with Crippen LogP contribution in [0.3, 0.4) is 0 Å². The van der Waals surface area contributed by atoms with Gasteiger partial charge in [-0.25, -0.2) is 4.79 Å². The molecule has 1 heterocycles. The minimum Gasteiger partial charge on any atom is -0.480 e. The summed E-state index contributed by atoms with van der Waals surface area (Å²) < 4.78 is 0. The van der Waals surface area contributed by atoms with Gasteiger partial charge >= 0.3 is 5.97 Å². The van der Waals surface area contributed by atoms with Crippen molar-refractivity contribution >= 4 is 28.9 Å². The number of carboxylic acids is 1. The van der Waals surface area contributed by atoms with Gasteiger partial charge in [-0.2, -0.15) is 0 Å². The molecule has 0 radical (unpaired) electrons. The number of carbonyl (C=O) groups is 3. The van der Waals surface area contributed by atoms with Crippen LogP contribution in [-0.4, -0.2) is 63.7 Å². The summed E-state index contributed by atoms with van der Waals surface area (Å²) in [5.74, 6) is -0.881. The van der Waals surface area contributed by atoms with Crippen LogP contribution in [0.1, 0.15) is 12.8 Å². The second-order valence-electron chi connectivity index (χ2n) is 3.82. The van der Waals surface area contributed by atoms with Crippen LogP contribution >= 0.6 is 11.8 Å². The molecule has 0 aromatic rings. The molecule has 1 rings (SSSR count). The van der Waals surface area contributed by atoms with Gasteiger partial charge in [0.05, 0.1) is 0 Å². The highest BCUT2D eigenvalue weighted by Gasteiger charge is 2.23. The molecule has 0 saturated carbocycles. The van der Waals surface area contributed by atoms with Crippen LogP contribution in [0.2, 0.25) is 0 Å². The molecule has 0 aliphatic carbocycles. The summed E-state index contributed by atoms with van der Waals surface area (Å²) in [6.45, 7) is 0.609. The Balaban J connectivity index is 2.31. The van der Waals surface area contributed by atoms with Crippen molar-refractivity contribution in [2.45, 2.75) is 18.9 Å². The molecule has 102 valence electrons. The van der Waals surface area contributed by atoms with Crippen molar-refractivity contribution in [1.82, 2.24) is 10.2 Å². The maximum atomic E-state index is 11.5. The first-order chi connectivity index (χ1) is 8.54. The van der Waals surface area contributed by atoms with Crippen molar-refractivity contribution in [2.75, 3.05) is 25.4 Å². The van der Waals surface area contributed by atoms with Gasteiger partial charge in [0.25, 0.3) is 5.24 Å². The molecule has 2 amide bonds. The SMILES string of the molecule is O=C(CCN1CCSC1=O)N[C@H](CCO)C(=O)O. The quantitative estimate of drug-likeness (QED) is 0.578. The Labute approximate surface area is 109 Å². The van der Waals surface area contributed by atoms with Crippen LogP contribution in [0, 0.1) is 0 Å². The van der Waals surface area contributed by atoms with E-state index in [1.807, 2.05) is 0 Å². The predicted molar refractivity (Wildman–Crippen MR) is 65.3 cm³/mol. The lowest BCUT2D eigenvalue weighted by atomic mass is 10.2. The molecule has 0 aromatic carbocycles. The third-order valence-corrected chi connectivity index (χ3v) is 3.40. The Morgan fingerprint density at radius 1 is 1.50 bits per heavy atom. The van der Waals surface area contributed by atoms with Gasteiger partial charge in [-0.05, 0) is 0 Å². The van der Waals surface area contributed by atoms with E-state index < -0.39 is 17.9 Å². The Morgan fingerprint density at radius 2 is 2.22 bits per heavy atom. The van der Waals surface area contributed by atoms with Crippen molar-refractivity contribution in [2.24, 2.45) is 0 Å². The first-order valence-corrected chi connectivity index (χ1v) is 6.58. The van der Waals surface area contributed by atoms with Crippen LogP contribution in [-0.2, 0) is 9.59 Å². The highest BCUT2D eigenvalue weighted by molar-refractivity contribution is 8.13. The highest BCUT2D eigenvalue weighted by atomic mass is 32.2. The molecule has 3 N–H and O–H groups in total. The van der Waals surface area contributed by atoms with E-state index in [1.54, 1.807) is 4.90 Å². The fraction of sp³-hybridized carbons (Fsp3) is 0.700. The number of aliphatic hydroxyl groups excluding tert-OH is 1. The van der Waals surface area contributed by atoms with E-state index in [0.29, 0.717) is 13.1 Å². The number of amides is 2. The fourth-order valence-corrected chi connectivity index (χ4v) is 2.37. The number of hydrogen-bond donors (Lipinski definition) is 3. The van der Waals surface area contributed by atoms with Crippen LogP contribution in [0.5, 0.6) is 0 Å². The van der Waals surface area contributed by atoms with Crippen molar-refractivity contribution in [3.8, 4) is 0 Å². The molecule has 1 aliphatic rings. The molecule has 0 unspecified atom stereocenters. The lowest BCUT2D eigenvalue weighted by Gasteiger charge is -2.16. The summed E-state index contributed by atoms with van der Waals surface area (Å²) in [4.78, 5) is 35.1. The molecular formula is C10H16N2O5S. The molecule has 1 aliphatic heterocycles. The molecule has 18 heavy (non-hydrogen) atoms. The number of nitrogens with one attached hydrogen (secondary N) is 1. The maximum absolute atomic E-state index is 11.5. The zero-order valence-electron chi connectivity index (χ0n) is 9.79. The number of aliphatic carboxylic acids is 1. The average Bonchev–Trinajstić information content (AvgIpc) is 2.71. The molecular weight excluding hydrogens is 260 g/mol. The third kappa shape index (κ3) is 4.53. The third-order valence-electron chi connectivity index (χ3n) is 2.50. The van der Waals surface area contributed by atoms with Crippen molar-refractivity contribution in [1.29, 1.82) is 0 Å². The Hall–Kier alpha value is -1.28. The molecule has 0 aromatic heterocycles. The number of hydrogen-bond acceptors (Lipinski definition) is 5. The van der Waals surface area contributed by atoms with E-state index in [4.69, 9.17) is 10.2 Å². The normalized spacial score (nSPS) is 16.7. The smallest absolute Gasteiger partial charge is 0.326 e. The van der Waals surface area contributed by atoms with Gasteiger partial charge in [0.2, 0.25) is 5.91 Å². The summed E-state index contributed by atoms with van der Waals surface area (Å²) in [6.07, 6.45) is 0.0427. The lowest BCUT2D eigenvalue weighted by Crippen LogP contribution is -2.42. The Bertz CT molecular complexity index is 336. The molecule has 1 saturated heterocycles. The van der Waals surface area contributed by atoms with Gasteiger partial charge < -0.3 is 20.4 Å². The van der Waals surface area contributed by atoms with Crippen molar-refractivity contribution in [3.63, 3.8) is 0 Å². The van der Waals surface area contributed by atoms with E-state index in [0.717, 1.165) is 5.75 Å². The summed E-state index contributed by atoms with van der Waals surface area (Å²) in [5, 5.41) is 19.7. The number of rotatable bonds is 7. The number of nitrogens with zero attached hydrogens (tertiary/aromatic N) is 1. The first-order valence-electron chi connectivity index (χ1n) is 5.59. The Kier molecular flexibility index (Phi) is 5.93. The predicted octanol–water partition coefficient (Wildman–Crippen LogP) is -0.503. The van der Waals surface area contributed by atoms with Crippen LogP contribution in [0.15, 0.2) is 0 Å². The second-order valence-corrected chi connectivity index (χ2v) is 4.87. The highest BCUT2D eigenvalue weighted by Crippen LogP contribution is 2.16. The topological polar surface area (TPSA) is 107 Å². The van der Waals surface area contributed by atoms with Gasteiger partial charge in [-0.3, -0.25) is 9.59 Å². The lowest BCUT2D eigenvalue weighted by molar-refractivity contribution is -0.142. The standard InChI is InChI=1S/C10H16N2O5S/c13-5-2-7(9(15)16)11-8(14)1-3-12-4-6-18-10(12)17/h7,13H,1-6H2,(H,11,14)(H,15,16)/t7-/m1/s1. The van der Waals surface area contributed by atoms with E-state index in [9.17, 15) is 14.4 Å². The van der Waals surface area contributed by atoms with Gasteiger partial charge in [0.15, 0.2) is 0 Å². The van der Waals surface area contributed by atoms with Gasteiger partial charge in [-0.15, -0.1) is 0 Å². The monoisotopic (exact) mass is 276 g/mol. The van der Waals surface area contributed by atoms with Crippen LogP contribution in [0.25, 0.3) is 0 Å². The largest absolute Gasteiger partial charge is 0.480 e. The van der Waals surface area contributed by atoms with Gasteiger partial charge in [-0.1, -0.05) is 11.8 Å². The van der Waals surface area contributed by atoms with Crippen LogP contribution < -0.4 is 5.32 Å². The van der Waals surface area contributed by atoms with E-state index in [2.05, 4.69) is 5.32 Å². The Morgan fingerprint density at radius 3 is 2.72 bits per heavy atom. The minimum absolute atomic E-state index is 0.0282. The zero-order chi connectivity index (χ0) is 13.5. The summed E-state index contributed by atoms with van der Waals surface area (Å²) in [5.41, 5.74) is 0. The van der Waals surface area contributed by atoms with Crippen molar-refractivity contribution < 1.29 is 24.6 Å². The molecule has 0 spiro atoms. The summed E-state index contributed by atoms with van der Waals surface area (Å²) >= 11 is 1.21. The molecule has 8 heteroatoms. The zero-order valence-corrected chi connectivity index (χ0v) is 10.6. The molecule has 1 atom stereocenters. The molecule has 0 bridgehead atoms. The summed E-state index contributed by atoms with van der Waals surface area (Å²) in [6, 6.07) is -1.08. The van der Waals surface area contributed by atoms with Gasteiger partial charge in [0.1, 0.15) is 6.04 Å². The number of carboxylic acid groups (broad SMARTS) is 1. The maximum Gasteiger partial charge on any atom is 0.326 e. The number of carbonyl (C=O) groups excluding carboxylic acids is 2.